The van der Waals surface area contributed by atoms with Gasteiger partial charge in [-0.15, -0.1) is 0 Å². The van der Waals surface area contributed by atoms with Crippen molar-refractivity contribution in [2.24, 2.45) is 11.8 Å². The predicted octanol–water partition coefficient (Wildman–Crippen LogP) is 1.46. The van der Waals surface area contributed by atoms with E-state index in [4.69, 9.17) is 0 Å². The monoisotopic (exact) mass is 451 g/mol. The first-order valence-electron chi connectivity index (χ1n) is 11.4. The number of halogens is 1. The second-order valence-electron chi connectivity index (χ2n) is 8.62. The third kappa shape index (κ3) is 6.04. The Bertz CT molecular complexity index is 791. The predicted molar refractivity (Wildman–Crippen MR) is 117 cm³/mol. The van der Waals surface area contributed by atoms with Crippen molar-refractivity contribution in [1.29, 1.82) is 0 Å². The van der Waals surface area contributed by atoms with Crippen LogP contribution >= 0.6 is 0 Å². The number of carbonyl (C=O) groups excluding carboxylic acids is 2. The molecule has 1 aliphatic heterocycles. The van der Waals surface area contributed by atoms with Gasteiger partial charge in [0.1, 0.15) is 5.82 Å². The number of hydroxylamine groups is 2. The summed E-state index contributed by atoms with van der Waals surface area (Å²) in [6.07, 6.45) is 6.52. The molecule has 3 rings (SSSR count). The zero-order valence-electron chi connectivity index (χ0n) is 18.8. The summed E-state index contributed by atoms with van der Waals surface area (Å²) in [5, 5.41) is 13.3. The number of aromatic nitrogens is 2. The zero-order valence-corrected chi connectivity index (χ0v) is 18.8. The SMILES string of the molecule is CCc1nc(NNC(=O)[C@H](CC2CCCC2)CN(O)C=O)c(F)c(N2CC[C@H](NC)C2)n1. The third-order valence-corrected chi connectivity index (χ3v) is 6.39. The lowest BCUT2D eigenvalue weighted by molar-refractivity contribution is -0.154. The Balaban J connectivity index is 1.71. The molecule has 1 aromatic heterocycles. The van der Waals surface area contributed by atoms with Crippen LogP contribution in [0.4, 0.5) is 16.0 Å². The van der Waals surface area contributed by atoms with Gasteiger partial charge in [0.05, 0.1) is 12.5 Å². The number of hydrogen-bond donors (Lipinski definition) is 4. The minimum atomic E-state index is -0.622. The summed E-state index contributed by atoms with van der Waals surface area (Å²) in [4.78, 5) is 34.1. The maximum absolute atomic E-state index is 15.2. The fraction of sp³-hybridized carbons (Fsp3) is 0.714. The number of nitrogens with zero attached hydrogens (tertiary/aromatic N) is 4. The molecule has 11 heteroatoms. The lowest BCUT2D eigenvalue weighted by Gasteiger charge is -2.23. The number of anilines is 2. The van der Waals surface area contributed by atoms with E-state index in [1.54, 1.807) is 0 Å². The molecule has 2 fully saturated rings. The number of hydrazine groups is 1. The standard InChI is InChI=1S/C21H34FN7O3/c1-3-17-24-19(18(22)20(25-17)28-9-8-16(12-28)23-2)26-27-21(31)15(11-29(32)13-30)10-14-6-4-5-7-14/h13-16,23,32H,3-12H2,1-2H3,(H,27,31)(H,24,25,26)/t15-,16+/m1/s1. The van der Waals surface area contributed by atoms with Gasteiger partial charge in [0.25, 0.3) is 0 Å². The molecule has 0 radical (unpaired) electrons. The van der Waals surface area contributed by atoms with Crippen LogP contribution in [-0.4, -0.2) is 65.3 Å². The molecule has 1 aromatic rings. The van der Waals surface area contributed by atoms with E-state index in [0.717, 1.165) is 32.1 Å². The van der Waals surface area contributed by atoms with Crippen molar-refractivity contribution in [1.82, 2.24) is 25.8 Å². The first-order chi connectivity index (χ1) is 15.4. The van der Waals surface area contributed by atoms with Crippen molar-refractivity contribution in [2.75, 3.05) is 37.0 Å². The molecule has 32 heavy (non-hydrogen) atoms. The molecule has 2 heterocycles. The van der Waals surface area contributed by atoms with Crippen molar-refractivity contribution in [2.45, 2.75) is 57.9 Å². The lowest BCUT2D eigenvalue weighted by atomic mass is 9.92. The fourth-order valence-corrected chi connectivity index (χ4v) is 4.52. The molecule has 1 saturated heterocycles. The van der Waals surface area contributed by atoms with Gasteiger partial charge in [-0.05, 0) is 25.8 Å². The van der Waals surface area contributed by atoms with Crippen molar-refractivity contribution in [3.8, 4) is 0 Å². The Kier molecular flexibility index (Phi) is 8.57. The number of aryl methyl sites for hydroxylation is 1. The summed E-state index contributed by atoms with van der Waals surface area (Å²) >= 11 is 0. The number of amides is 2. The summed E-state index contributed by atoms with van der Waals surface area (Å²) in [7, 11) is 1.88. The van der Waals surface area contributed by atoms with E-state index < -0.39 is 17.6 Å². The largest absolute Gasteiger partial charge is 0.352 e. The molecule has 2 atom stereocenters. The highest BCUT2D eigenvalue weighted by atomic mass is 19.1. The minimum absolute atomic E-state index is 0.0936. The number of likely N-dealkylation sites (N-methyl/N-ethyl adjacent to an activating group) is 1. The highest BCUT2D eigenvalue weighted by Crippen LogP contribution is 2.31. The molecule has 4 N–H and O–H groups in total. The average Bonchev–Trinajstić information content (AvgIpc) is 3.49. The van der Waals surface area contributed by atoms with E-state index >= 15 is 4.39 Å². The van der Waals surface area contributed by atoms with Crippen molar-refractivity contribution in [3.63, 3.8) is 0 Å². The van der Waals surface area contributed by atoms with Crippen molar-refractivity contribution < 1.29 is 19.2 Å². The Morgan fingerprint density at radius 3 is 2.72 bits per heavy atom. The summed E-state index contributed by atoms with van der Waals surface area (Å²) in [5.41, 5.74) is 5.15. The molecule has 10 nitrogen and oxygen atoms in total. The van der Waals surface area contributed by atoms with E-state index in [9.17, 15) is 14.8 Å². The van der Waals surface area contributed by atoms with E-state index in [-0.39, 0.29) is 30.6 Å². The van der Waals surface area contributed by atoms with Crippen LogP contribution in [0.25, 0.3) is 0 Å². The topological polar surface area (TPSA) is 123 Å². The second kappa shape index (κ2) is 11.4. The molecule has 1 saturated carbocycles. The van der Waals surface area contributed by atoms with Gasteiger partial charge >= 0.3 is 0 Å². The smallest absolute Gasteiger partial charge is 0.243 e. The first kappa shape index (κ1) is 24.1. The highest BCUT2D eigenvalue weighted by molar-refractivity contribution is 5.80. The van der Waals surface area contributed by atoms with Crippen LogP contribution in [0.3, 0.4) is 0 Å². The fourth-order valence-electron chi connectivity index (χ4n) is 4.52. The van der Waals surface area contributed by atoms with E-state index in [0.29, 0.717) is 42.7 Å². The highest BCUT2D eigenvalue weighted by Gasteiger charge is 2.29. The van der Waals surface area contributed by atoms with Crippen LogP contribution in [0.2, 0.25) is 0 Å². The summed E-state index contributed by atoms with van der Waals surface area (Å²) < 4.78 is 15.2. The molecule has 2 aliphatic rings. The number of rotatable bonds is 11. The van der Waals surface area contributed by atoms with Crippen LogP contribution in [0.15, 0.2) is 0 Å². The van der Waals surface area contributed by atoms with Gasteiger partial charge in [0, 0.05) is 25.6 Å². The van der Waals surface area contributed by atoms with E-state index in [1.165, 1.54) is 0 Å². The van der Waals surface area contributed by atoms with Crippen molar-refractivity contribution >= 4 is 24.0 Å². The molecular weight excluding hydrogens is 417 g/mol. The zero-order chi connectivity index (χ0) is 23.1. The second-order valence-corrected chi connectivity index (χ2v) is 8.62. The molecule has 0 bridgehead atoms. The maximum atomic E-state index is 15.2. The van der Waals surface area contributed by atoms with E-state index in [2.05, 4.69) is 26.1 Å². The van der Waals surface area contributed by atoms with Crippen LogP contribution in [0, 0.1) is 17.7 Å². The van der Waals surface area contributed by atoms with Gasteiger partial charge in [0.15, 0.2) is 11.6 Å². The van der Waals surface area contributed by atoms with Crippen LogP contribution in [0.1, 0.15) is 51.3 Å². The molecule has 0 aromatic carbocycles. The lowest BCUT2D eigenvalue weighted by Crippen LogP contribution is -2.41. The molecular formula is C21H34FN7O3. The van der Waals surface area contributed by atoms with Crippen LogP contribution < -0.4 is 21.1 Å². The number of hydrogen-bond acceptors (Lipinski definition) is 8. The Hall–Kier alpha value is -2.53. The van der Waals surface area contributed by atoms with Crippen LogP contribution in [0.5, 0.6) is 0 Å². The summed E-state index contributed by atoms with van der Waals surface area (Å²) in [6, 6.07) is 0.265. The van der Waals surface area contributed by atoms with Gasteiger partial charge < -0.3 is 10.2 Å². The molecule has 0 unspecified atom stereocenters. The quantitative estimate of drug-likeness (QED) is 0.227. The number of nitrogens with one attached hydrogen (secondary N) is 3. The summed E-state index contributed by atoms with van der Waals surface area (Å²) in [5.74, 6) is -0.701. The van der Waals surface area contributed by atoms with Gasteiger partial charge in [-0.2, -0.15) is 4.39 Å². The summed E-state index contributed by atoms with van der Waals surface area (Å²) in [6.45, 7) is 3.08. The maximum Gasteiger partial charge on any atom is 0.243 e. The van der Waals surface area contributed by atoms with Crippen molar-refractivity contribution in [3.05, 3.63) is 11.6 Å². The molecule has 178 valence electrons. The van der Waals surface area contributed by atoms with E-state index in [1.807, 2.05) is 18.9 Å². The van der Waals surface area contributed by atoms with Gasteiger partial charge in [0.2, 0.25) is 18.1 Å². The minimum Gasteiger partial charge on any atom is -0.352 e. The van der Waals surface area contributed by atoms with Gasteiger partial charge in [-0.3, -0.25) is 25.6 Å². The third-order valence-electron chi connectivity index (χ3n) is 6.39. The van der Waals surface area contributed by atoms with Gasteiger partial charge in [-0.25, -0.2) is 15.0 Å². The molecule has 0 spiro atoms. The Labute approximate surface area is 187 Å². The Morgan fingerprint density at radius 1 is 1.34 bits per heavy atom. The van der Waals surface area contributed by atoms with Crippen LogP contribution in [-0.2, 0) is 16.0 Å². The van der Waals surface area contributed by atoms with Gasteiger partial charge in [-0.1, -0.05) is 32.6 Å². The molecule has 2 amide bonds. The Morgan fingerprint density at radius 2 is 2.09 bits per heavy atom. The average molecular weight is 452 g/mol. The first-order valence-corrected chi connectivity index (χ1v) is 11.4. The number of carbonyl (C=O) groups is 2. The normalized spacial score (nSPS) is 19.8. The molecule has 1 aliphatic carbocycles.